The molecule has 2 aliphatic rings. The second kappa shape index (κ2) is 2.46. The van der Waals surface area contributed by atoms with Crippen molar-refractivity contribution in [3.63, 3.8) is 0 Å². The number of likely N-dealkylation sites (tertiary alicyclic amines) is 1. The van der Waals surface area contributed by atoms with E-state index >= 15 is 0 Å². The van der Waals surface area contributed by atoms with E-state index < -0.39 is 0 Å². The molecular weight excluding hydrogens is 136 g/mol. The maximum atomic E-state index is 6.13. The van der Waals surface area contributed by atoms with Crippen molar-refractivity contribution in [1.82, 2.24) is 4.90 Å². The second-order valence-corrected chi connectivity index (χ2v) is 4.32. The maximum Gasteiger partial charge on any atom is 0.0313 e. The normalized spacial score (nSPS) is 44.7. The van der Waals surface area contributed by atoms with Gasteiger partial charge < -0.3 is 10.6 Å². The van der Waals surface area contributed by atoms with E-state index in [1.165, 1.54) is 32.4 Å². The van der Waals surface area contributed by atoms with Crippen molar-refractivity contribution < 1.29 is 0 Å². The van der Waals surface area contributed by atoms with Crippen LogP contribution in [0.25, 0.3) is 0 Å². The van der Waals surface area contributed by atoms with Gasteiger partial charge in [0, 0.05) is 12.1 Å². The summed E-state index contributed by atoms with van der Waals surface area (Å²) in [5.41, 5.74) is 6.33. The van der Waals surface area contributed by atoms with Crippen molar-refractivity contribution >= 4 is 0 Å². The molecule has 2 atom stereocenters. The molecule has 0 aromatic rings. The first-order valence-corrected chi connectivity index (χ1v) is 4.72. The largest absolute Gasteiger partial charge is 0.324 e. The van der Waals surface area contributed by atoms with E-state index in [-0.39, 0.29) is 5.54 Å². The molecule has 0 aromatic carbocycles. The molecule has 0 aromatic heterocycles. The van der Waals surface area contributed by atoms with Crippen molar-refractivity contribution in [2.75, 3.05) is 19.6 Å². The lowest BCUT2D eigenvalue weighted by atomic mass is 10.2. The molecule has 1 saturated heterocycles. The average Bonchev–Trinajstić information content (AvgIpc) is 2.43. The van der Waals surface area contributed by atoms with Crippen molar-refractivity contribution in [3.05, 3.63) is 0 Å². The fourth-order valence-corrected chi connectivity index (χ4v) is 2.09. The Morgan fingerprint density at radius 1 is 1.45 bits per heavy atom. The molecule has 0 radical (unpaired) electrons. The molecule has 0 spiro atoms. The molecule has 1 aliphatic heterocycles. The van der Waals surface area contributed by atoms with Gasteiger partial charge in [-0.15, -0.1) is 0 Å². The summed E-state index contributed by atoms with van der Waals surface area (Å²) in [5, 5.41) is 0. The van der Waals surface area contributed by atoms with Gasteiger partial charge in [0.05, 0.1) is 0 Å². The standard InChI is InChI=1S/C9H18N2/c1-8-6-9(8,10)7-11-4-2-3-5-11/h8H,2-7,10H2,1H3. The molecule has 0 bridgehead atoms. The third-order valence-electron chi connectivity index (χ3n) is 3.22. The van der Waals surface area contributed by atoms with Crippen molar-refractivity contribution in [2.24, 2.45) is 11.7 Å². The van der Waals surface area contributed by atoms with E-state index in [9.17, 15) is 0 Å². The Kier molecular flexibility index (Phi) is 1.69. The molecule has 0 amide bonds. The van der Waals surface area contributed by atoms with E-state index in [4.69, 9.17) is 5.73 Å². The fraction of sp³-hybridized carbons (Fsp3) is 1.00. The second-order valence-electron chi connectivity index (χ2n) is 4.32. The molecule has 2 nitrogen and oxygen atoms in total. The van der Waals surface area contributed by atoms with Crippen LogP contribution in [0.5, 0.6) is 0 Å². The third-order valence-corrected chi connectivity index (χ3v) is 3.22. The molecule has 11 heavy (non-hydrogen) atoms. The highest BCUT2D eigenvalue weighted by Gasteiger charge is 2.48. The van der Waals surface area contributed by atoms with Crippen molar-refractivity contribution in [1.29, 1.82) is 0 Å². The Balaban J connectivity index is 1.81. The fourth-order valence-electron chi connectivity index (χ4n) is 2.09. The summed E-state index contributed by atoms with van der Waals surface area (Å²) in [5.74, 6) is 0.767. The summed E-state index contributed by atoms with van der Waals surface area (Å²) in [6, 6.07) is 0. The first kappa shape index (κ1) is 7.56. The first-order chi connectivity index (χ1) is 5.21. The van der Waals surface area contributed by atoms with Crippen molar-refractivity contribution in [3.8, 4) is 0 Å². The Bertz CT molecular complexity index is 152. The SMILES string of the molecule is CC1CC1(N)CN1CCCC1. The van der Waals surface area contributed by atoms with E-state index in [0.717, 1.165) is 12.5 Å². The lowest BCUT2D eigenvalue weighted by Crippen LogP contribution is -2.39. The van der Waals surface area contributed by atoms with Crippen LogP contribution in [0.3, 0.4) is 0 Å². The van der Waals surface area contributed by atoms with Gasteiger partial charge in [-0.1, -0.05) is 6.92 Å². The summed E-state index contributed by atoms with van der Waals surface area (Å²) in [6.07, 6.45) is 4.00. The zero-order chi connectivity index (χ0) is 7.90. The van der Waals surface area contributed by atoms with Gasteiger partial charge in [-0.3, -0.25) is 0 Å². The first-order valence-electron chi connectivity index (χ1n) is 4.72. The van der Waals surface area contributed by atoms with Gasteiger partial charge in [0.25, 0.3) is 0 Å². The smallest absolute Gasteiger partial charge is 0.0313 e. The lowest BCUT2D eigenvalue weighted by molar-refractivity contribution is 0.298. The Morgan fingerprint density at radius 2 is 2.00 bits per heavy atom. The summed E-state index contributed by atoms with van der Waals surface area (Å²) >= 11 is 0. The summed E-state index contributed by atoms with van der Waals surface area (Å²) in [7, 11) is 0. The monoisotopic (exact) mass is 154 g/mol. The number of nitrogens with two attached hydrogens (primary N) is 1. The highest BCUT2D eigenvalue weighted by Crippen LogP contribution is 2.41. The van der Waals surface area contributed by atoms with Crippen LogP contribution in [-0.2, 0) is 0 Å². The van der Waals surface area contributed by atoms with Crippen LogP contribution in [0.4, 0.5) is 0 Å². The van der Waals surface area contributed by atoms with E-state index in [1.807, 2.05) is 0 Å². The number of hydrogen-bond acceptors (Lipinski definition) is 2. The third kappa shape index (κ3) is 1.42. The molecule has 1 aliphatic carbocycles. The van der Waals surface area contributed by atoms with Crippen LogP contribution in [0.1, 0.15) is 26.2 Å². The molecule has 1 heterocycles. The highest BCUT2D eigenvalue weighted by atomic mass is 15.2. The maximum absolute atomic E-state index is 6.13. The van der Waals surface area contributed by atoms with Gasteiger partial charge in [-0.2, -0.15) is 0 Å². The molecule has 2 unspecified atom stereocenters. The molecular formula is C9H18N2. The topological polar surface area (TPSA) is 29.3 Å². The minimum atomic E-state index is 0.199. The van der Waals surface area contributed by atoms with Crippen LogP contribution in [0, 0.1) is 5.92 Å². The van der Waals surface area contributed by atoms with E-state index in [0.29, 0.717) is 0 Å². The van der Waals surface area contributed by atoms with Crippen LogP contribution in [-0.4, -0.2) is 30.1 Å². The average molecular weight is 154 g/mol. The minimum Gasteiger partial charge on any atom is -0.324 e. The zero-order valence-electron chi connectivity index (χ0n) is 7.34. The number of nitrogens with zero attached hydrogens (tertiary/aromatic N) is 1. The Morgan fingerprint density at radius 3 is 2.45 bits per heavy atom. The summed E-state index contributed by atoms with van der Waals surface area (Å²) < 4.78 is 0. The van der Waals surface area contributed by atoms with Crippen LogP contribution >= 0.6 is 0 Å². The molecule has 2 heteroatoms. The Labute approximate surface area is 68.7 Å². The van der Waals surface area contributed by atoms with Crippen molar-refractivity contribution in [2.45, 2.75) is 31.7 Å². The molecule has 1 saturated carbocycles. The van der Waals surface area contributed by atoms with E-state index in [2.05, 4.69) is 11.8 Å². The Hall–Kier alpha value is -0.0800. The lowest BCUT2D eigenvalue weighted by Gasteiger charge is -2.19. The molecule has 2 rings (SSSR count). The van der Waals surface area contributed by atoms with Gasteiger partial charge in [-0.05, 0) is 38.3 Å². The minimum absolute atomic E-state index is 0.199. The molecule has 2 fully saturated rings. The van der Waals surface area contributed by atoms with Crippen LogP contribution < -0.4 is 5.73 Å². The van der Waals surface area contributed by atoms with E-state index in [1.54, 1.807) is 0 Å². The highest BCUT2D eigenvalue weighted by molar-refractivity contribution is 5.07. The van der Waals surface area contributed by atoms with Gasteiger partial charge >= 0.3 is 0 Å². The van der Waals surface area contributed by atoms with Crippen LogP contribution in [0.15, 0.2) is 0 Å². The van der Waals surface area contributed by atoms with Gasteiger partial charge in [-0.25, -0.2) is 0 Å². The summed E-state index contributed by atoms with van der Waals surface area (Å²) in [6.45, 7) is 5.97. The number of rotatable bonds is 2. The molecule has 2 N–H and O–H groups in total. The predicted molar refractivity (Wildman–Crippen MR) is 46.4 cm³/mol. The van der Waals surface area contributed by atoms with Crippen LogP contribution in [0.2, 0.25) is 0 Å². The summed E-state index contributed by atoms with van der Waals surface area (Å²) in [4.78, 5) is 2.52. The predicted octanol–water partition coefficient (Wildman–Crippen LogP) is 0.819. The number of hydrogen-bond donors (Lipinski definition) is 1. The van der Waals surface area contributed by atoms with Gasteiger partial charge in [0.2, 0.25) is 0 Å². The molecule has 64 valence electrons. The van der Waals surface area contributed by atoms with Gasteiger partial charge in [0.1, 0.15) is 0 Å². The van der Waals surface area contributed by atoms with Gasteiger partial charge in [0.15, 0.2) is 0 Å². The zero-order valence-corrected chi connectivity index (χ0v) is 7.34. The quantitative estimate of drug-likeness (QED) is 0.638.